The predicted molar refractivity (Wildman–Crippen MR) is 84.8 cm³/mol. The Balaban J connectivity index is 1.72. The van der Waals surface area contributed by atoms with E-state index >= 15 is 0 Å². The van der Waals surface area contributed by atoms with E-state index in [9.17, 15) is 14.0 Å². The molecule has 24 heavy (non-hydrogen) atoms. The lowest BCUT2D eigenvalue weighted by atomic mass is 9.91. The third-order valence-electron chi connectivity index (χ3n) is 4.96. The molecule has 0 radical (unpaired) electrons. The fraction of sp³-hybridized carbons (Fsp3) is 0.556. The number of halogens is 1. The van der Waals surface area contributed by atoms with E-state index in [1.54, 1.807) is 6.07 Å². The van der Waals surface area contributed by atoms with Gasteiger partial charge in [-0.15, -0.1) is 0 Å². The Morgan fingerprint density at radius 3 is 2.50 bits per heavy atom. The quantitative estimate of drug-likeness (QED) is 0.867. The molecule has 1 aliphatic carbocycles. The Labute approximate surface area is 140 Å². The Morgan fingerprint density at radius 2 is 1.88 bits per heavy atom. The van der Waals surface area contributed by atoms with E-state index in [1.165, 1.54) is 12.1 Å². The zero-order valence-corrected chi connectivity index (χ0v) is 13.4. The number of rotatable bonds is 5. The van der Waals surface area contributed by atoms with Crippen molar-refractivity contribution in [3.63, 3.8) is 0 Å². The molecule has 6 heteroatoms. The van der Waals surface area contributed by atoms with Crippen molar-refractivity contribution in [3.8, 4) is 0 Å². The van der Waals surface area contributed by atoms with Gasteiger partial charge in [0.1, 0.15) is 11.9 Å². The number of amides is 1. The van der Waals surface area contributed by atoms with Gasteiger partial charge in [-0.1, -0.05) is 25.0 Å². The molecule has 2 aliphatic rings. The Hall–Kier alpha value is -1.95. The number of nitrogens with one attached hydrogen (secondary N) is 1. The summed E-state index contributed by atoms with van der Waals surface area (Å²) in [6.07, 6.45) is 3.25. The first kappa shape index (κ1) is 16.9. The summed E-state index contributed by atoms with van der Waals surface area (Å²) in [6, 6.07) is 6.05. The third-order valence-corrected chi connectivity index (χ3v) is 4.96. The molecule has 2 fully saturated rings. The van der Waals surface area contributed by atoms with Gasteiger partial charge in [-0.05, 0) is 49.3 Å². The van der Waals surface area contributed by atoms with Gasteiger partial charge in [-0.3, -0.25) is 4.79 Å². The van der Waals surface area contributed by atoms with Crippen molar-refractivity contribution in [1.29, 1.82) is 0 Å². The van der Waals surface area contributed by atoms with Crippen molar-refractivity contribution in [1.82, 2.24) is 5.32 Å². The zero-order valence-electron chi connectivity index (χ0n) is 13.4. The molecule has 5 nitrogen and oxygen atoms in total. The summed E-state index contributed by atoms with van der Waals surface area (Å²) >= 11 is 0. The van der Waals surface area contributed by atoms with Crippen molar-refractivity contribution in [2.75, 3.05) is 0 Å². The van der Waals surface area contributed by atoms with Gasteiger partial charge < -0.3 is 15.2 Å². The average molecular weight is 335 g/mol. The average Bonchev–Trinajstić information content (AvgIpc) is 3.23. The Kier molecular flexibility index (Phi) is 5.14. The van der Waals surface area contributed by atoms with E-state index in [2.05, 4.69) is 5.32 Å². The minimum Gasteiger partial charge on any atom is -0.479 e. The number of carboxylic acids is 1. The molecular weight excluding hydrogens is 313 g/mol. The first-order valence-corrected chi connectivity index (χ1v) is 8.48. The van der Waals surface area contributed by atoms with Gasteiger partial charge in [0.05, 0.1) is 6.04 Å². The zero-order chi connectivity index (χ0) is 17.1. The van der Waals surface area contributed by atoms with Gasteiger partial charge in [-0.25, -0.2) is 9.18 Å². The van der Waals surface area contributed by atoms with Crippen LogP contribution in [0.4, 0.5) is 4.39 Å². The molecule has 3 rings (SSSR count). The summed E-state index contributed by atoms with van der Waals surface area (Å²) < 4.78 is 18.9. The van der Waals surface area contributed by atoms with E-state index in [4.69, 9.17) is 9.84 Å². The molecular formula is C18H22FNO4. The smallest absolute Gasteiger partial charge is 0.332 e. The number of hydrogen-bond acceptors (Lipinski definition) is 3. The van der Waals surface area contributed by atoms with Crippen LogP contribution in [-0.4, -0.2) is 29.2 Å². The highest BCUT2D eigenvalue weighted by molar-refractivity contribution is 5.83. The Bertz CT molecular complexity index is 615. The molecule has 1 saturated heterocycles. The van der Waals surface area contributed by atoms with Crippen LogP contribution in [0.1, 0.15) is 50.1 Å². The molecule has 2 N–H and O–H groups in total. The summed E-state index contributed by atoms with van der Waals surface area (Å²) in [5, 5.41) is 12.0. The molecule has 1 saturated carbocycles. The van der Waals surface area contributed by atoms with Gasteiger partial charge in [0.15, 0.2) is 6.10 Å². The summed E-state index contributed by atoms with van der Waals surface area (Å²) in [5.74, 6) is -1.40. The van der Waals surface area contributed by atoms with Gasteiger partial charge in [-0.2, -0.15) is 0 Å². The monoisotopic (exact) mass is 335 g/mol. The normalized spacial score (nSPS) is 25.5. The van der Waals surface area contributed by atoms with Crippen LogP contribution in [0.5, 0.6) is 0 Å². The van der Waals surface area contributed by atoms with Crippen molar-refractivity contribution in [3.05, 3.63) is 35.6 Å². The van der Waals surface area contributed by atoms with Crippen molar-refractivity contribution in [2.24, 2.45) is 5.92 Å². The SMILES string of the molecule is O=C(NC(c1cccc(F)c1)C1CCCC1)[C@@H]1CC[C@H](C(=O)O)O1. The van der Waals surface area contributed by atoms with Crippen LogP contribution in [-0.2, 0) is 14.3 Å². The minimum atomic E-state index is -1.04. The van der Waals surface area contributed by atoms with Gasteiger partial charge in [0, 0.05) is 0 Å². The number of aliphatic carboxylic acids is 1. The molecule has 1 aliphatic heterocycles. The van der Waals surface area contributed by atoms with Gasteiger partial charge in [0.2, 0.25) is 5.91 Å². The van der Waals surface area contributed by atoms with Crippen LogP contribution in [0, 0.1) is 11.7 Å². The molecule has 0 bridgehead atoms. The molecule has 3 atom stereocenters. The minimum absolute atomic E-state index is 0.261. The molecule has 0 spiro atoms. The van der Waals surface area contributed by atoms with E-state index in [-0.39, 0.29) is 23.7 Å². The maximum absolute atomic E-state index is 13.6. The Morgan fingerprint density at radius 1 is 1.17 bits per heavy atom. The number of benzene rings is 1. The molecule has 130 valence electrons. The van der Waals surface area contributed by atoms with Crippen LogP contribution in [0.25, 0.3) is 0 Å². The second kappa shape index (κ2) is 7.30. The van der Waals surface area contributed by atoms with Crippen LogP contribution >= 0.6 is 0 Å². The van der Waals surface area contributed by atoms with Crippen LogP contribution in [0.2, 0.25) is 0 Å². The van der Waals surface area contributed by atoms with Crippen LogP contribution < -0.4 is 5.32 Å². The van der Waals surface area contributed by atoms with E-state index in [1.807, 2.05) is 6.07 Å². The number of carboxylic acid groups (broad SMARTS) is 1. The largest absolute Gasteiger partial charge is 0.479 e. The van der Waals surface area contributed by atoms with E-state index < -0.39 is 18.2 Å². The first-order chi connectivity index (χ1) is 11.5. The van der Waals surface area contributed by atoms with Crippen molar-refractivity contribution < 1.29 is 23.8 Å². The highest BCUT2D eigenvalue weighted by Crippen LogP contribution is 2.36. The van der Waals surface area contributed by atoms with Crippen molar-refractivity contribution in [2.45, 2.75) is 56.8 Å². The number of hydrogen-bond donors (Lipinski definition) is 2. The highest BCUT2D eigenvalue weighted by atomic mass is 19.1. The maximum Gasteiger partial charge on any atom is 0.332 e. The highest BCUT2D eigenvalue weighted by Gasteiger charge is 2.37. The molecule has 1 aromatic carbocycles. The lowest BCUT2D eigenvalue weighted by Gasteiger charge is -2.26. The van der Waals surface area contributed by atoms with Gasteiger partial charge in [0.25, 0.3) is 0 Å². The second-order valence-electron chi connectivity index (χ2n) is 6.61. The van der Waals surface area contributed by atoms with E-state index in [0.29, 0.717) is 12.8 Å². The number of ether oxygens (including phenoxy) is 1. The standard InChI is InChI=1S/C18H22FNO4/c19-13-7-3-6-12(10-13)16(11-4-1-2-5-11)20-17(21)14-8-9-15(24-14)18(22)23/h3,6-7,10-11,14-16H,1-2,4-5,8-9H2,(H,20,21)(H,22,23)/t14-,15+,16?/m0/s1. The number of carbonyl (C=O) groups excluding carboxylic acids is 1. The fourth-order valence-electron chi connectivity index (χ4n) is 3.72. The summed E-state index contributed by atoms with van der Waals surface area (Å²) in [7, 11) is 0. The predicted octanol–water partition coefficient (Wildman–Crippen LogP) is 2.81. The molecule has 1 amide bonds. The molecule has 1 unspecified atom stereocenters. The summed E-state index contributed by atoms with van der Waals surface area (Å²) in [5.41, 5.74) is 0.753. The lowest BCUT2D eigenvalue weighted by Crippen LogP contribution is -2.40. The third kappa shape index (κ3) is 3.75. The first-order valence-electron chi connectivity index (χ1n) is 8.48. The second-order valence-corrected chi connectivity index (χ2v) is 6.61. The molecule has 1 heterocycles. The van der Waals surface area contributed by atoms with Crippen LogP contribution in [0.15, 0.2) is 24.3 Å². The topological polar surface area (TPSA) is 75.6 Å². The van der Waals surface area contributed by atoms with E-state index in [0.717, 1.165) is 31.2 Å². The summed E-state index contributed by atoms with van der Waals surface area (Å²) in [4.78, 5) is 23.5. The maximum atomic E-state index is 13.6. The van der Waals surface area contributed by atoms with Crippen molar-refractivity contribution >= 4 is 11.9 Å². The molecule has 1 aromatic rings. The van der Waals surface area contributed by atoms with Crippen LogP contribution in [0.3, 0.4) is 0 Å². The summed E-state index contributed by atoms with van der Waals surface area (Å²) in [6.45, 7) is 0. The van der Waals surface area contributed by atoms with Gasteiger partial charge >= 0.3 is 5.97 Å². The lowest BCUT2D eigenvalue weighted by molar-refractivity contribution is -0.152. The fourth-order valence-corrected chi connectivity index (χ4v) is 3.72. The molecule has 0 aromatic heterocycles. The number of carbonyl (C=O) groups is 2.